The number of hydrogen-bond donors (Lipinski definition) is 1. The summed E-state index contributed by atoms with van der Waals surface area (Å²) in [5.41, 5.74) is 5.01. The lowest BCUT2D eigenvalue weighted by molar-refractivity contribution is -0.148. The molecule has 13 heavy (non-hydrogen) atoms. The van der Waals surface area contributed by atoms with Crippen LogP contribution in [0.1, 0.15) is 11.6 Å². The Morgan fingerprint density at radius 2 is 2.23 bits per heavy atom. The van der Waals surface area contributed by atoms with E-state index in [1.54, 1.807) is 0 Å². The van der Waals surface area contributed by atoms with E-state index in [2.05, 4.69) is 20.9 Å². The molecule has 74 valence electrons. The van der Waals surface area contributed by atoms with Crippen LogP contribution in [0.5, 0.6) is 0 Å². The standard InChI is InChI=1S/C6H6BrF3N2S/c7-5-12-4(2-13-5)3(1-11)6(8,9)10/h2-3H,1,11H2. The molecule has 1 rings (SSSR count). The van der Waals surface area contributed by atoms with Crippen molar-refractivity contribution in [1.29, 1.82) is 0 Å². The Kier molecular flexibility index (Phi) is 3.31. The van der Waals surface area contributed by atoms with Crippen molar-refractivity contribution < 1.29 is 13.2 Å². The molecule has 1 heterocycles. The summed E-state index contributed by atoms with van der Waals surface area (Å²) < 4.78 is 37.3. The quantitative estimate of drug-likeness (QED) is 0.900. The number of aromatic nitrogens is 1. The fourth-order valence-corrected chi connectivity index (χ4v) is 1.92. The molecule has 1 aromatic heterocycles. The van der Waals surface area contributed by atoms with Crippen LogP contribution in [-0.2, 0) is 0 Å². The number of rotatable bonds is 2. The Balaban J connectivity index is 2.91. The second kappa shape index (κ2) is 3.93. The number of halogens is 4. The molecule has 7 heteroatoms. The normalized spacial score (nSPS) is 14.5. The SMILES string of the molecule is NCC(c1csc(Br)n1)C(F)(F)F. The van der Waals surface area contributed by atoms with E-state index in [-0.39, 0.29) is 5.69 Å². The highest BCUT2D eigenvalue weighted by Gasteiger charge is 2.41. The molecular formula is C6H6BrF3N2S. The zero-order valence-electron chi connectivity index (χ0n) is 6.31. The third-order valence-electron chi connectivity index (χ3n) is 1.48. The lowest BCUT2D eigenvalue weighted by Gasteiger charge is -2.15. The summed E-state index contributed by atoms with van der Waals surface area (Å²) in [5, 5.41) is 1.36. The predicted molar refractivity (Wildman–Crippen MR) is 47.7 cm³/mol. The molecule has 0 aromatic carbocycles. The van der Waals surface area contributed by atoms with Crippen LogP contribution < -0.4 is 5.73 Å². The maximum atomic E-state index is 12.3. The van der Waals surface area contributed by atoms with Crippen molar-refractivity contribution in [2.45, 2.75) is 12.1 Å². The van der Waals surface area contributed by atoms with Gasteiger partial charge in [-0.2, -0.15) is 13.2 Å². The van der Waals surface area contributed by atoms with E-state index in [0.717, 1.165) is 11.3 Å². The lowest BCUT2D eigenvalue weighted by atomic mass is 10.1. The molecule has 0 fully saturated rings. The maximum Gasteiger partial charge on any atom is 0.398 e. The van der Waals surface area contributed by atoms with Crippen LogP contribution in [0.15, 0.2) is 9.30 Å². The average Bonchev–Trinajstić information content (AvgIpc) is 2.34. The highest BCUT2D eigenvalue weighted by atomic mass is 79.9. The monoisotopic (exact) mass is 274 g/mol. The van der Waals surface area contributed by atoms with E-state index in [1.165, 1.54) is 5.38 Å². The van der Waals surface area contributed by atoms with Crippen LogP contribution in [0, 0.1) is 0 Å². The molecule has 0 saturated carbocycles. The Hall–Kier alpha value is -0.140. The highest BCUT2D eigenvalue weighted by molar-refractivity contribution is 9.11. The topological polar surface area (TPSA) is 38.9 Å². The predicted octanol–water partition coefficient (Wildman–Crippen LogP) is 2.51. The minimum Gasteiger partial charge on any atom is -0.329 e. The third-order valence-corrected chi connectivity index (χ3v) is 2.86. The van der Waals surface area contributed by atoms with Gasteiger partial charge in [0.05, 0.1) is 5.69 Å². The summed E-state index contributed by atoms with van der Waals surface area (Å²) in [6.45, 7) is -0.473. The molecule has 0 bridgehead atoms. The van der Waals surface area contributed by atoms with Crippen LogP contribution in [0.3, 0.4) is 0 Å². The Labute approximate surface area is 85.1 Å². The van der Waals surface area contributed by atoms with Crippen molar-refractivity contribution in [3.05, 3.63) is 15.0 Å². The van der Waals surface area contributed by atoms with E-state index < -0.39 is 18.6 Å². The van der Waals surface area contributed by atoms with Gasteiger partial charge in [-0.05, 0) is 15.9 Å². The minimum atomic E-state index is -4.32. The van der Waals surface area contributed by atoms with Crippen LogP contribution in [0.2, 0.25) is 0 Å². The molecule has 0 radical (unpaired) electrons. The molecule has 0 aliphatic rings. The Morgan fingerprint density at radius 3 is 2.54 bits per heavy atom. The molecule has 0 amide bonds. The number of hydrogen-bond acceptors (Lipinski definition) is 3. The largest absolute Gasteiger partial charge is 0.398 e. The smallest absolute Gasteiger partial charge is 0.329 e. The van der Waals surface area contributed by atoms with Crippen molar-refractivity contribution in [3.63, 3.8) is 0 Å². The number of thiazole rings is 1. The third kappa shape index (κ3) is 2.65. The second-order valence-electron chi connectivity index (χ2n) is 2.36. The van der Waals surface area contributed by atoms with Gasteiger partial charge in [0.15, 0.2) is 3.92 Å². The van der Waals surface area contributed by atoms with E-state index in [1.807, 2.05) is 0 Å². The average molecular weight is 275 g/mol. The number of nitrogens with zero attached hydrogens (tertiary/aromatic N) is 1. The summed E-state index contributed by atoms with van der Waals surface area (Å²) in [4.78, 5) is 3.68. The second-order valence-corrected chi connectivity index (χ2v) is 4.49. The molecular weight excluding hydrogens is 269 g/mol. The van der Waals surface area contributed by atoms with Crippen LogP contribution in [0.4, 0.5) is 13.2 Å². The molecule has 0 spiro atoms. The van der Waals surface area contributed by atoms with Crippen molar-refractivity contribution in [1.82, 2.24) is 4.98 Å². The molecule has 1 aromatic rings. The van der Waals surface area contributed by atoms with E-state index in [0.29, 0.717) is 3.92 Å². The Morgan fingerprint density at radius 1 is 1.62 bits per heavy atom. The van der Waals surface area contributed by atoms with Crippen LogP contribution in [-0.4, -0.2) is 17.7 Å². The first-order chi connectivity index (χ1) is 5.95. The van der Waals surface area contributed by atoms with Crippen molar-refractivity contribution >= 4 is 27.3 Å². The van der Waals surface area contributed by atoms with Crippen molar-refractivity contribution in [2.75, 3.05) is 6.54 Å². The van der Waals surface area contributed by atoms with E-state index in [4.69, 9.17) is 5.73 Å². The Bertz CT molecular complexity index is 286. The van der Waals surface area contributed by atoms with Crippen LogP contribution in [0.25, 0.3) is 0 Å². The van der Waals surface area contributed by atoms with Gasteiger partial charge in [0.2, 0.25) is 0 Å². The van der Waals surface area contributed by atoms with Crippen molar-refractivity contribution in [3.8, 4) is 0 Å². The van der Waals surface area contributed by atoms with Gasteiger partial charge in [-0.1, -0.05) is 0 Å². The summed E-state index contributed by atoms with van der Waals surface area (Å²) in [6.07, 6.45) is -4.32. The molecule has 0 aliphatic heterocycles. The molecule has 1 unspecified atom stereocenters. The zero-order valence-corrected chi connectivity index (χ0v) is 8.71. The molecule has 1 atom stereocenters. The van der Waals surface area contributed by atoms with E-state index >= 15 is 0 Å². The van der Waals surface area contributed by atoms with Gasteiger partial charge in [-0.3, -0.25) is 0 Å². The van der Waals surface area contributed by atoms with Gasteiger partial charge in [0.25, 0.3) is 0 Å². The molecule has 2 nitrogen and oxygen atoms in total. The van der Waals surface area contributed by atoms with Gasteiger partial charge < -0.3 is 5.73 Å². The first kappa shape index (κ1) is 10.9. The first-order valence-corrected chi connectivity index (χ1v) is 5.00. The first-order valence-electron chi connectivity index (χ1n) is 3.33. The summed E-state index contributed by atoms with van der Waals surface area (Å²) >= 11 is 4.11. The molecule has 0 saturated heterocycles. The fraction of sp³-hybridized carbons (Fsp3) is 0.500. The molecule has 0 aliphatic carbocycles. The fourth-order valence-electron chi connectivity index (χ4n) is 0.845. The van der Waals surface area contributed by atoms with Crippen molar-refractivity contribution in [2.24, 2.45) is 5.73 Å². The lowest BCUT2D eigenvalue weighted by Crippen LogP contribution is -2.28. The van der Waals surface area contributed by atoms with Gasteiger partial charge in [0, 0.05) is 11.9 Å². The zero-order chi connectivity index (χ0) is 10.1. The highest BCUT2D eigenvalue weighted by Crippen LogP contribution is 2.34. The number of nitrogens with two attached hydrogens (primary N) is 1. The van der Waals surface area contributed by atoms with Gasteiger partial charge >= 0.3 is 6.18 Å². The van der Waals surface area contributed by atoms with Crippen LogP contribution >= 0.6 is 27.3 Å². The minimum absolute atomic E-state index is 0.0214. The van der Waals surface area contributed by atoms with E-state index in [9.17, 15) is 13.2 Å². The maximum absolute atomic E-state index is 12.3. The number of alkyl halides is 3. The van der Waals surface area contributed by atoms with Gasteiger partial charge in [0.1, 0.15) is 5.92 Å². The summed E-state index contributed by atoms with van der Waals surface area (Å²) in [7, 11) is 0. The van der Waals surface area contributed by atoms with Gasteiger partial charge in [-0.15, -0.1) is 11.3 Å². The molecule has 2 N–H and O–H groups in total. The van der Waals surface area contributed by atoms with Gasteiger partial charge in [-0.25, -0.2) is 4.98 Å². The summed E-state index contributed by atoms with van der Waals surface area (Å²) in [5.74, 6) is -1.66. The summed E-state index contributed by atoms with van der Waals surface area (Å²) in [6, 6.07) is 0.